The van der Waals surface area contributed by atoms with Crippen LogP contribution in [0.3, 0.4) is 0 Å². The first-order valence-corrected chi connectivity index (χ1v) is 10.3. The molecule has 136 valence electrons. The number of halogens is 2. The zero-order valence-corrected chi connectivity index (χ0v) is 17.3. The second-order valence-electron chi connectivity index (χ2n) is 6.82. The van der Waals surface area contributed by atoms with Crippen molar-refractivity contribution in [2.45, 2.75) is 6.42 Å². The van der Waals surface area contributed by atoms with Crippen LogP contribution in [0.25, 0.3) is 27.7 Å². The molecule has 0 N–H and O–H groups in total. The smallest absolute Gasteiger partial charge is 0.145 e. The summed E-state index contributed by atoms with van der Waals surface area (Å²) in [7, 11) is 0. The molecule has 2 nitrogen and oxygen atoms in total. The molecule has 3 aromatic carbocycles. The molecule has 5 rings (SSSR count). The summed E-state index contributed by atoms with van der Waals surface area (Å²) in [6, 6.07) is 26.9. The highest BCUT2D eigenvalue weighted by atomic mass is 79.9. The SMILES string of the molecule is Clc1cccc(Cc2c(-c3cccc(Br)c3)nc3c4ccccc4ccn23)c1. The minimum Gasteiger partial charge on any atom is -0.303 e. The van der Waals surface area contributed by atoms with Crippen LogP contribution < -0.4 is 0 Å². The van der Waals surface area contributed by atoms with E-state index in [4.69, 9.17) is 16.6 Å². The summed E-state index contributed by atoms with van der Waals surface area (Å²) in [5.74, 6) is 0. The van der Waals surface area contributed by atoms with Crippen LogP contribution in [0.4, 0.5) is 0 Å². The molecule has 0 amide bonds. The molecule has 4 heteroatoms. The summed E-state index contributed by atoms with van der Waals surface area (Å²) in [4.78, 5) is 5.08. The second kappa shape index (κ2) is 7.08. The highest BCUT2D eigenvalue weighted by molar-refractivity contribution is 9.10. The summed E-state index contributed by atoms with van der Waals surface area (Å²) >= 11 is 9.82. The monoisotopic (exact) mass is 446 g/mol. The number of imidazole rings is 1. The van der Waals surface area contributed by atoms with Crippen molar-refractivity contribution in [3.8, 4) is 11.3 Å². The number of hydrogen-bond donors (Lipinski definition) is 0. The number of fused-ring (bicyclic) bond motifs is 3. The number of rotatable bonds is 3. The maximum absolute atomic E-state index is 6.23. The van der Waals surface area contributed by atoms with Gasteiger partial charge in [-0.05, 0) is 41.3 Å². The number of aromatic nitrogens is 2. The first kappa shape index (κ1) is 17.5. The van der Waals surface area contributed by atoms with Crippen molar-refractivity contribution < 1.29 is 0 Å². The van der Waals surface area contributed by atoms with Gasteiger partial charge in [0.05, 0.1) is 11.4 Å². The maximum atomic E-state index is 6.23. The molecule has 0 fully saturated rings. The lowest BCUT2D eigenvalue weighted by atomic mass is 10.0. The quantitative estimate of drug-likeness (QED) is 0.287. The molecule has 0 unspecified atom stereocenters. The number of pyridine rings is 1. The van der Waals surface area contributed by atoms with Gasteiger partial charge >= 0.3 is 0 Å². The Bertz CT molecular complexity index is 1320. The molecular weight excluding hydrogens is 432 g/mol. The van der Waals surface area contributed by atoms with Crippen LogP contribution >= 0.6 is 27.5 Å². The molecule has 0 aliphatic carbocycles. The molecule has 28 heavy (non-hydrogen) atoms. The summed E-state index contributed by atoms with van der Waals surface area (Å²) < 4.78 is 3.25. The molecule has 2 heterocycles. The molecular formula is C24H16BrClN2. The zero-order chi connectivity index (χ0) is 19.1. The van der Waals surface area contributed by atoms with Gasteiger partial charge in [0, 0.05) is 33.1 Å². The van der Waals surface area contributed by atoms with Gasteiger partial charge < -0.3 is 4.40 Å². The van der Waals surface area contributed by atoms with Gasteiger partial charge in [-0.2, -0.15) is 0 Å². The molecule has 0 saturated heterocycles. The lowest BCUT2D eigenvalue weighted by molar-refractivity contribution is 1.03. The summed E-state index contributed by atoms with van der Waals surface area (Å²) in [5, 5.41) is 3.09. The van der Waals surface area contributed by atoms with Crippen molar-refractivity contribution in [2.75, 3.05) is 0 Å². The highest BCUT2D eigenvalue weighted by Crippen LogP contribution is 2.31. The molecule has 0 atom stereocenters. The standard InChI is InChI=1S/C24H16BrClN2/c25-19-8-4-7-18(15-19)23-22(14-16-5-3-9-20(26)13-16)28-12-11-17-6-1-2-10-21(17)24(28)27-23/h1-13,15H,14H2. The maximum Gasteiger partial charge on any atom is 0.145 e. The fraction of sp³-hybridized carbons (Fsp3) is 0.0417. The van der Waals surface area contributed by atoms with Crippen molar-refractivity contribution in [1.82, 2.24) is 9.38 Å². The Morgan fingerprint density at radius 1 is 0.893 bits per heavy atom. The van der Waals surface area contributed by atoms with Crippen molar-refractivity contribution >= 4 is 44.0 Å². The molecule has 2 aromatic heterocycles. The van der Waals surface area contributed by atoms with Gasteiger partial charge in [0.15, 0.2) is 0 Å². The van der Waals surface area contributed by atoms with Crippen LogP contribution in [0.1, 0.15) is 11.3 Å². The van der Waals surface area contributed by atoms with E-state index < -0.39 is 0 Å². The van der Waals surface area contributed by atoms with Crippen molar-refractivity contribution in [3.05, 3.63) is 106 Å². The largest absolute Gasteiger partial charge is 0.303 e. The van der Waals surface area contributed by atoms with E-state index in [1.54, 1.807) is 0 Å². The van der Waals surface area contributed by atoms with Gasteiger partial charge in [-0.1, -0.05) is 76.1 Å². The molecule has 0 aliphatic heterocycles. The third kappa shape index (κ3) is 3.11. The van der Waals surface area contributed by atoms with Crippen LogP contribution in [0.5, 0.6) is 0 Å². The number of benzene rings is 3. The summed E-state index contributed by atoms with van der Waals surface area (Å²) in [6.07, 6.45) is 2.87. The minimum absolute atomic E-state index is 0.751. The molecule has 0 saturated carbocycles. The van der Waals surface area contributed by atoms with E-state index in [9.17, 15) is 0 Å². The third-order valence-corrected chi connectivity index (χ3v) is 5.70. The van der Waals surface area contributed by atoms with Crippen LogP contribution in [0, 0.1) is 0 Å². The summed E-state index contributed by atoms with van der Waals surface area (Å²) in [5.41, 5.74) is 5.39. The van der Waals surface area contributed by atoms with Crippen molar-refractivity contribution in [1.29, 1.82) is 0 Å². The van der Waals surface area contributed by atoms with Gasteiger partial charge in [0.25, 0.3) is 0 Å². The second-order valence-corrected chi connectivity index (χ2v) is 8.17. The average Bonchev–Trinajstić information content (AvgIpc) is 3.07. The zero-order valence-electron chi connectivity index (χ0n) is 14.9. The number of hydrogen-bond acceptors (Lipinski definition) is 1. The highest BCUT2D eigenvalue weighted by Gasteiger charge is 2.16. The molecule has 0 radical (unpaired) electrons. The molecule has 0 aliphatic rings. The van der Waals surface area contributed by atoms with Gasteiger partial charge in [0.1, 0.15) is 5.65 Å². The fourth-order valence-electron chi connectivity index (χ4n) is 3.69. The van der Waals surface area contributed by atoms with Crippen molar-refractivity contribution in [2.24, 2.45) is 0 Å². The van der Waals surface area contributed by atoms with Gasteiger partial charge in [-0.15, -0.1) is 0 Å². The Balaban J connectivity index is 1.79. The predicted octanol–water partition coefficient (Wildman–Crippen LogP) is 7.16. The van der Waals surface area contributed by atoms with E-state index in [1.807, 2.05) is 30.3 Å². The Morgan fingerprint density at radius 3 is 2.61 bits per heavy atom. The molecule has 0 bridgehead atoms. The van der Waals surface area contributed by atoms with Gasteiger partial charge in [-0.25, -0.2) is 4.98 Å². The Morgan fingerprint density at radius 2 is 1.75 bits per heavy atom. The fourth-order valence-corrected chi connectivity index (χ4v) is 4.31. The van der Waals surface area contributed by atoms with Crippen LogP contribution in [0.2, 0.25) is 5.02 Å². The normalized spacial score (nSPS) is 11.4. The van der Waals surface area contributed by atoms with Crippen LogP contribution in [-0.4, -0.2) is 9.38 Å². The van der Waals surface area contributed by atoms with Crippen molar-refractivity contribution in [3.63, 3.8) is 0 Å². The molecule has 5 aromatic rings. The lowest BCUT2D eigenvalue weighted by Gasteiger charge is -2.07. The predicted molar refractivity (Wildman–Crippen MR) is 120 cm³/mol. The molecule has 0 spiro atoms. The van der Waals surface area contributed by atoms with E-state index in [1.165, 1.54) is 10.9 Å². The first-order chi connectivity index (χ1) is 13.7. The van der Waals surface area contributed by atoms with E-state index in [0.29, 0.717) is 0 Å². The van der Waals surface area contributed by atoms with Gasteiger partial charge in [-0.3, -0.25) is 0 Å². The topological polar surface area (TPSA) is 17.3 Å². The number of nitrogens with zero attached hydrogens (tertiary/aromatic N) is 2. The van der Waals surface area contributed by atoms with E-state index >= 15 is 0 Å². The van der Waals surface area contributed by atoms with E-state index in [-0.39, 0.29) is 0 Å². The minimum atomic E-state index is 0.751. The third-order valence-electron chi connectivity index (χ3n) is 4.97. The summed E-state index contributed by atoms with van der Waals surface area (Å²) in [6.45, 7) is 0. The van der Waals surface area contributed by atoms with Crippen LogP contribution in [0.15, 0.2) is 89.5 Å². The Labute approximate surface area is 176 Å². The first-order valence-electron chi connectivity index (χ1n) is 9.08. The Hall–Kier alpha value is -2.62. The lowest BCUT2D eigenvalue weighted by Crippen LogP contribution is -1.97. The van der Waals surface area contributed by atoms with Crippen LogP contribution in [-0.2, 0) is 6.42 Å². The average molecular weight is 448 g/mol. The van der Waals surface area contributed by atoms with E-state index in [2.05, 4.69) is 75.1 Å². The Kier molecular flexibility index (Phi) is 4.42. The van der Waals surface area contributed by atoms with Gasteiger partial charge in [0.2, 0.25) is 0 Å². The van der Waals surface area contributed by atoms with E-state index in [0.717, 1.165) is 43.9 Å².